The minimum absolute atomic E-state index is 0.426. The molecule has 0 saturated heterocycles. The Hall–Kier alpha value is -1.00. The number of hydrogen-bond acceptors (Lipinski definition) is 2. The summed E-state index contributed by atoms with van der Waals surface area (Å²) in [6.45, 7) is 3.75. The molecule has 0 aromatic heterocycles. The first-order valence-electron chi connectivity index (χ1n) is 5.73. The summed E-state index contributed by atoms with van der Waals surface area (Å²) < 4.78 is 30.9. The topological polar surface area (TPSA) is 21.3 Å². The van der Waals surface area contributed by atoms with Crippen molar-refractivity contribution in [1.29, 1.82) is 0 Å². The first kappa shape index (κ1) is 14.1. The Morgan fingerprint density at radius 2 is 1.94 bits per heavy atom. The zero-order valence-electron chi connectivity index (χ0n) is 10.2. The molecule has 1 aromatic rings. The van der Waals surface area contributed by atoms with Crippen molar-refractivity contribution in [2.45, 2.75) is 32.4 Å². The molecule has 1 aromatic carbocycles. The summed E-state index contributed by atoms with van der Waals surface area (Å²) in [7, 11) is 0. The highest BCUT2D eigenvalue weighted by atomic mass is 19.3. The molecule has 2 nitrogen and oxygen atoms in total. The highest BCUT2D eigenvalue weighted by Gasteiger charge is 2.29. The minimum Gasteiger partial charge on any atom is -0.375 e. The van der Waals surface area contributed by atoms with Gasteiger partial charge in [0.15, 0.2) is 0 Å². The molecule has 0 aliphatic heterocycles. The fourth-order valence-corrected chi connectivity index (χ4v) is 1.29. The first-order chi connectivity index (χ1) is 8.00. The van der Waals surface area contributed by atoms with E-state index in [1.54, 1.807) is 0 Å². The normalized spacial score (nSPS) is 13.6. The van der Waals surface area contributed by atoms with E-state index in [4.69, 9.17) is 4.74 Å². The molecule has 0 radical (unpaired) electrons. The number of benzene rings is 1. The zero-order valence-corrected chi connectivity index (χ0v) is 10.2. The molecule has 0 aliphatic rings. The van der Waals surface area contributed by atoms with Gasteiger partial charge in [-0.2, -0.15) is 0 Å². The molecule has 1 N–H and O–H groups in total. The Kier molecular flexibility index (Phi) is 5.51. The summed E-state index contributed by atoms with van der Waals surface area (Å²) in [4.78, 5) is 0. The van der Waals surface area contributed by atoms with Crippen molar-refractivity contribution in [3.63, 3.8) is 0 Å². The van der Waals surface area contributed by atoms with Crippen molar-refractivity contribution >= 4 is 0 Å². The second kappa shape index (κ2) is 6.67. The highest BCUT2D eigenvalue weighted by Crippen LogP contribution is 2.16. The van der Waals surface area contributed by atoms with E-state index in [9.17, 15) is 8.78 Å². The molecule has 1 atom stereocenters. The standard InChI is InChI=1S/C13H19F2NO/c1-11(13(2,14)15)16-8-9-17-10-12-6-4-3-5-7-12/h3-7,11,16H,8-10H2,1-2H3. The van der Waals surface area contributed by atoms with Crippen LogP contribution in [-0.2, 0) is 11.3 Å². The molecule has 0 aliphatic carbocycles. The van der Waals surface area contributed by atoms with E-state index in [-0.39, 0.29) is 0 Å². The van der Waals surface area contributed by atoms with Gasteiger partial charge in [0.1, 0.15) is 0 Å². The third-order valence-electron chi connectivity index (χ3n) is 2.57. The van der Waals surface area contributed by atoms with Crippen LogP contribution in [0.15, 0.2) is 30.3 Å². The van der Waals surface area contributed by atoms with E-state index in [2.05, 4.69) is 5.32 Å². The molecule has 4 heteroatoms. The van der Waals surface area contributed by atoms with E-state index >= 15 is 0 Å². The maximum atomic E-state index is 12.8. The maximum absolute atomic E-state index is 12.8. The molecular formula is C13H19F2NO. The van der Waals surface area contributed by atoms with Crippen molar-refractivity contribution in [2.24, 2.45) is 0 Å². The molecular weight excluding hydrogens is 224 g/mol. The van der Waals surface area contributed by atoms with Crippen LogP contribution >= 0.6 is 0 Å². The molecule has 0 bridgehead atoms. The van der Waals surface area contributed by atoms with Crippen molar-refractivity contribution in [3.8, 4) is 0 Å². The summed E-state index contributed by atoms with van der Waals surface area (Å²) in [5.41, 5.74) is 1.08. The van der Waals surface area contributed by atoms with Gasteiger partial charge in [-0.25, -0.2) is 8.78 Å². The van der Waals surface area contributed by atoms with Crippen molar-refractivity contribution < 1.29 is 13.5 Å². The van der Waals surface area contributed by atoms with Crippen LogP contribution in [0.3, 0.4) is 0 Å². The monoisotopic (exact) mass is 243 g/mol. The number of halogens is 2. The fourth-order valence-electron chi connectivity index (χ4n) is 1.29. The molecule has 1 rings (SSSR count). The fraction of sp³-hybridized carbons (Fsp3) is 0.538. The lowest BCUT2D eigenvalue weighted by Gasteiger charge is -2.20. The van der Waals surface area contributed by atoms with Gasteiger partial charge in [-0.3, -0.25) is 0 Å². The van der Waals surface area contributed by atoms with Crippen molar-refractivity contribution in [3.05, 3.63) is 35.9 Å². The van der Waals surface area contributed by atoms with Gasteiger partial charge in [0.2, 0.25) is 0 Å². The van der Waals surface area contributed by atoms with E-state index in [1.807, 2.05) is 30.3 Å². The number of nitrogens with one attached hydrogen (secondary N) is 1. The Morgan fingerprint density at radius 3 is 2.53 bits per heavy atom. The predicted molar refractivity (Wildman–Crippen MR) is 64.2 cm³/mol. The molecule has 0 spiro atoms. The zero-order chi connectivity index (χ0) is 12.7. The summed E-state index contributed by atoms with van der Waals surface area (Å²) in [6.07, 6.45) is 0. The van der Waals surface area contributed by atoms with Gasteiger partial charge >= 0.3 is 0 Å². The van der Waals surface area contributed by atoms with Gasteiger partial charge < -0.3 is 10.1 Å². The molecule has 0 fully saturated rings. The summed E-state index contributed by atoms with van der Waals surface area (Å²) >= 11 is 0. The van der Waals surface area contributed by atoms with Gasteiger partial charge in [-0.1, -0.05) is 30.3 Å². The lowest BCUT2D eigenvalue weighted by atomic mass is 10.2. The quantitative estimate of drug-likeness (QED) is 0.743. The number of rotatable bonds is 7. The third kappa shape index (κ3) is 5.75. The van der Waals surface area contributed by atoms with Crippen LogP contribution in [0.2, 0.25) is 0 Å². The van der Waals surface area contributed by atoms with Crippen LogP contribution in [-0.4, -0.2) is 25.1 Å². The van der Waals surface area contributed by atoms with Gasteiger partial charge in [-0.05, 0) is 12.5 Å². The van der Waals surface area contributed by atoms with E-state index in [0.717, 1.165) is 12.5 Å². The van der Waals surface area contributed by atoms with Crippen LogP contribution in [0.25, 0.3) is 0 Å². The molecule has 0 saturated carbocycles. The Bertz CT molecular complexity index is 311. The summed E-state index contributed by atoms with van der Waals surface area (Å²) in [5.74, 6) is -2.70. The molecule has 0 heterocycles. The number of ether oxygens (including phenoxy) is 1. The molecule has 1 unspecified atom stereocenters. The number of hydrogen-bond donors (Lipinski definition) is 1. The molecule has 17 heavy (non-hydrogen) atoms. The van der Waals surface area contributed by atoms with Gasteiger partial charge in [0.25, 0.3) is 5.92 Å². The lowest BCUT2D eigenvalue weighted by molar-refractivity contribution is -0.0145. The first-order valence-corrected chi connectivity index (χ1v) is 5.73. The van der Waals surface area contributed by atoms with Gasteiger partial charge in [0, 0.05) is 13.5 Å². The molecule has 0 amide bonds. The van der Waals surface area contributed by atoms with Crippen LogP contribution < -0.4 is 5.32 Å². The lowest BCUT2D eigenvalue weighted by Crippen LogP contribution is -2.41. The van der Waals surface area contributed by atoms with Crippen molar-refractivity contribution in [2.75, 3.05) is 13.2 Å². The van der Waals surface area contributed by atoms with Crippen LogP contribution in [0, 0.1) is 0 Å². The van der Waals surface area contributed by atoms with Crippen LogP contribution in [0.5, 0.6) is 0 Å². The summed E-state index contributed by atoms with van der Waals surface area (Å²) in [6, 6.07) is 8.93. The maximum Gasteiger partial charge on any atom is 0.260 e. The molecule has 96 valence electrons. The van der Waals surface area contributed by atoms with Crippen LogP contribution in [0.4, 0.5) is 8.78 Å². The minimum atomic E-state index is -2.70. The van der Waals surface area contributed by atoms with Crippen molar-refractivity contribution in [1.82, 2.24) is 5.32 Å². The van der Waals surface area contributed by atoms with E-state index in [1.165, 1.54) is 6.92 Å². The van der Waals surface area contributed by atoms with Gasteiger partial charge in [0.05, 0.1) is 19.3 Å². The Labute approximate surface area is 101 Å². The second-order valence-electron chi connectivity index (χ2n) is 4.17. The van der Waals surface area contributed by atoms with E-state index in [0.29, 0.717) is 19.8 Å². The Balaban J connectivity index is 2.09. The average Bonchev–Trinajstić information content (AvgIpc) is 2.28. The van der Waals surface area contributed by atoms with Crippen LogP contribution in [0.1, 0.15) is 19.4 Å². The number of alkyl halides is 2. The smallest absolute Gasteiger partial charge is 0.260 e. The predicted octanol–water partition coefficient (Wildman–Crippen LogP) is 2.84. The largest absolute Gasteiger partial charge is 0.375 e. The second-order valence-corrected chi connectivity index (χ2v) is 4.17. The van der Waals surface area contributed by atoms with E-state index < -0.39 is 12.0 Å². The van der Waals surface area contributed by atoms with Gasteiger partial charge in [-0.15, -0.1) is 0 Å². The average molecular weight is 243 g/mol. The SMILES string of the molecule is CC(NCCOCc1ccccc1)C(C)(F)F. The summed E-state index contributed by atoms with van der Waals surface area (Å²) in [5, 5.41) is 2.73. The Morgan fingerprint density at radius 1 is 1.29 bits per heavy atom. The third-order valence-corrected chi connectivity index (χ3v) is 2.57. The highest BCUT2D eigenvalue weighted by molar-refractivity contribution is 5.13.